The average Bonchev–Trinajstić information content (AvgIpc) is 2.82. The van der Waals surface area contributed by atoms with Gasteiger partial charge in [-0.3, -0.25) is 9.69 Å². The van der Waals surface area contributed by atoms with Crippen LogP contribution in [0.1, 0.15) is 68.1 Å². The van der Waals surface area contributed by atoms with Crippen LogP contribution in [0.15, 0.2) is 18.2 Å². The molecule has 1 aromatic rings. The molecule has 4 aliphatic rings. The van der Waals surface area contributed by atoms with Crippen LogP contribution in [0.4, 0.5) is 0 Å². The number of rotatable bonds is 4. The smallest absolute Gasteiger partial charge is 0.225 e. The Labute approximate surface area is 175 Å². The molecule has 0 aromatic heterocycles. The van der Waals surface area contributed by atoms with Crippen molar-refractivity contribution < 1.29 is 9.90 Å². The molecule has 0 atom stereocenters. The number of carbonyl (C=O) groups excluding carboxylic acids is 1. The van der Waals surface area contributed by atoms with E-state index in [0.717, 1.165) is 38.1 Å². The van der Waals surface area contributed by atoms with Gasteiger partial charge in [-0.2, -0.15) is 0 Å². The van der Waals surface area contributed by atoms with E-state index in [2.05, 4.69) is 23.1 Å². The Hall–Kier alpha value is -1.39. The minimum Gasteiger partial charge on any atom is -0.389 e. The maximum absolute atomic E-state index is 12.5. The third kappa shape index (κ3) is 4.11. The number of piperidine rings is 1. The Morgan fingerprint density at radius 3 is 2.28 bits per heavy atom. The first-order valence-electron chi connectivity index (χ1n) is 12.0. The van der Waals surface area contributed by atoms with E-state index in [1.54, 1.807) is 0 Å². The van der Waals surface area contributed by atoms with E-state index >= 15 is 0 Å². The summed E-state index contributed by atoms with van der Waals surface area (Å²) in [6.45, 7) is 3.82. The van der Waals surface area contributed by atoms with E-state index in [4.69, 9.17) is 0 Å². The van der Waals surface area contributed by atoms with Crippen LogP contribution in [0.3, 0.4) is 0 Å². The normalized spacial score (nSPS) is 25.6. The van der Waals surface area contributed by atoms with E-state index in [1.807, 2.05) is 4.90 Å². The molecule has 1 aromatic carbocycles. The standard InChI is InChI=1S/C25H36N2O2/c28-24(21-3-1-4-21)27-15-11-25(29,12-16-27)18-19-7-8-20-9-13-26(23-5-2-6-23)14-10-22(20)17-19/h7-8,17,21,23,29H,1-6,9-16,18H2. The quantitative estimate of drug-likeness (QED) is 0.849. The second-order valence-electron chi connectivity index (χ2n) is 10.1. The summed E-state index contributed by atoms with van der Waals surface area (Å²) in [6.07, 6.45) is 11.9. The minimum absolute atomic E-state index is 0.269. The zero-order valence-electron chi connectivity index (χ0n) is 17.7. The molecular weight excluding hydrogens is 360 g/mol. The lowest BCUT2D eigenvalue weighted by atomic mass is 9.81. The van der Waals surface area contributed by atoms with Crippen molar-refractivity contribution in [2.24, 2.45) is 5.92 Å². The molecular formula is C25H36N2O2. The van der Waals surface area contributed by atoms with Crippen molar-refractivity contribution in [3.63, 3.8) is 0 Å². The molecule has 2 aliphatic carbocycles. The Kier molecular flexibility index (Phi) is 5.42. The van der Waals surface area contributed by atoms with E-state index in [-0.39, 0.29) is 5.92 Å². The molecule has 0 bridgehead atoms. The lowest BCUT2D eigenvalue weighted by molar-refractivity contribution is -0.142. The molecule has 0 unspecified atom stereocenters. The Morgan fingerprint density at radius 1 is 0.966 bits per heavy atom. The highest BCUT2D eigenvalue weighted by molar-refractivity contribution is 5.79. The molecule has 1 amide bonds. The number of amides is 1. The zero-order chi connectivity index (χ0) is 19.8. The van der Waals surface area contributed by atoms with E-state index in [1.165, 1.54) is 55.5 Å². The van der Waals surface area contributed by atoms with Crippen molar-refractivity contribution in [3.8, 4) is 0 Å². The van der Waals surface area contributed by atoms with Crippen molar-refractivity contribution in [2.75, 3.05) is 26.2 Å². The molecule has 5 rings (SSSR count). The van der Waals surface area contributed by atoms with E-state index in [9.17, 15) is 9.90 Å². The maximum Gasteiger partial charge on any atom is 0.225 e. The largest absolute Gasteiger partial charge is 0.389 e. The summed E-state index contributed by atoms with van der Waals surface area (Å²) in [5, 5.41) is 11.2. The van der Waals surface area contributed by atoms with Gasteiger partial charge in [0.05, 0.1) is 5.60 Å². The summed E-state index contributed by atoms with van der Waals surface area (Å²) in [4.78, 5) is 17.2. The maximum atomic E-state index is 12.5. The third-order valence-corrected chi connectivity index (χ3v) is 8.19. The summed E-state index contributed by atoms with van der Waals surface area (Å²) >= 11 is 0. The Morgan fingerprint density at radius 2 is 1.66 bits per heavy atom. The predicted octanol–water partition coefficient (Wildman–Crippen LogP) is 3.34. The number of nitrogens with zero attached hydrogens (tertiary/aromatic N) is 2. The number of likely N-dealkylation sites (tertiary alicyclic amines) is 1. The molecule has 4 nitrogen and oxygen atoms in total. The van der Waals surface area contributed by atoms with Gasteiger partial charge in [0.1, 0.15) is 0 Å². The van der Waals surface area contributed by atoms with Crippen LogP contribution in [0.5, 0.6) is 0 Å². The van der Waals surface area contributed by atoms with Gasteiger partial charge in [0.25, 0.3) is 0 Å². The number of aliphatic hydroxyl groups is 1. The van der Waals surface area contributed by atoms with Gasteiger partial charge < -0.3 is 10.0 Å². The molecule has 4 heteroatoms. The van der Waals surface area contributed by atoms with Crippen molar-refractivity contribution in [2.45, 2.75) is 82.3 Å². The summed E-state index contributed by atoms with van der Waals surface area (Å²) in [5.74, 6) is 0.602. The van der Waals surface area contributed by atoms with Crippen LogP contribution in [0.2, 0.25) is 0 Å². The minimum atomic E-state index is -0.659. The average molecular weight is 397 g/mol. The van der Waals surface area contributed by atoms with Gasteiger partial charge >= 0.3 is 0 Å². The van der Waals surface area contributed by atoms with Crippen molar-refractivity contribution >= 4 is 5.91 Å². The summed E-state index contributed by atoms with van der Waals surface area (Å²) in [7, 11) is 0. The molecule has 1 N–H and O–H groups in total. The monoisotopic (exact) mass is 396 g/mol. The lowest BCUT2D eigenvalue weighted by Gasteiger charge is -2.40. The molecule has 1 saturated heterocycles. The van der Waals surface area contributed by atoms with Gasteiger partial charge in [-0.05, 0) is 68.1 Å². The first kappa shape index (κ1) is 19.6. The molecule has 0 radical (unpaired) electrons. The molecule has 3 fully saturated rings. The number of carbonyl (C=O) groups is 1. The van der Waals surface area contributed by atoms with Crippen LogP contribution in [0, 0.1) is 5.92 Å². The number of fused-ring (bicyclic) bond motifs is 1. The summed E-state index contributed by atoms with van der Waals surface area (Å²) < 4.78 is 0. The van der Waals surface area contributed by atoms with Gasteiger partial charge in [-0.15, -0.1) is 0 Å². The molecule has 0 spiro atoms. The molecule has 2 aliphatic heterocycles. The second kappa shape index (κ2) is 8.03. The van der Waals surface area contributed by atoms with E-state index in [0.29, 0.717) is 31.8 Å². The van der Waals surface area contributed by atoms with Gasteiger partial charge in [0.15, 0.2) is 0 Å². The van der Waals surface area contributed by atoms with Crippen LogP contribution < -0.4 is 0 Å². The molecule has 158 valence electrons. The first-order chi connectivity index (χ1) is 14.1. The highest BCUT2D eigenvalue weighted by Crippen LogP contribution is 2.33. The van der Waals surface area contributed by atoms with Crippen molar-refractivity contribution in [3.05, 3.63) is 34.9 Å². The SMILES string of the molecule is O=C(C1CCC1)N1CCC(O)(Cc2ccc3c(c2)CCN(C2CCC2)CC3)CC1. The number of benzene rings is 1. The van der Waals surface area contributed by atoms with Crippen molar-refractivity contribution in [1.29, 1.82) is 0 Å². The van der Waals surface area contributed by atoms with Gasteiger partial charge in [0.2, 0.25) is 5.91 Å². The van der Waals surface area contributed by atoms with Crippen LogP contribution in [-0.4, -0.2) is 58.6 Å². The predicted molar refractivity (Wildman–Crippen MR) is 115 cm³/mol. The fourth-order valence-electron chi connectivity index (χ4n) is 5.64. The van der Waals surface area contributed by atoms with Gasteiger partial charge in [0, 0.05) is 44.6 Å². The van der Waals surface area contributed by atoms with Gasteiger partial charge in [-0.1, -0.05) is 31.0 Å². The number of hydrogen-bond acceptors (Lipinski definition) is 3. The summed E-state index contributed by atoms with van der Waals surface area (Å²) in [6, 6.07) is 7.75. The van der Waals surface area contributed by atoms with E-state index < -0.39 is 5.60 Å². The number of hydrogen-bond donors (Lipinski definition) is 1. The highest BCUT2D eigenvalue weighted by atomic mass is 16.3. The fraction of sp³-hybridized carbons (Fsp3) is 0.720. The molecule has 2 heterocycles. The Bertz CT molecular complexity index is 745. The summed E-state index contributed by atoms with van der Waals surface area (Å²) in [5.41, 5.74) is 3.60. The van der Waals surface area contributed by atoms with Crippen LogP contribution >= 0.6 is 0 Å². The second-order valence-corrected chi connectivity index (χ2v) is 10.1. The first-order valence-corrected chi connectivity index (χ1v) is 12.0. The van der Waals surface area contributed by atoms with Crippen LogP contribution in [-0.2, 0) is 24.1 Å². The Balaban J connectivity index is 1.19. The van der Waals surface area contributed by atoms with Crippen LogP contribution in [0.25, 0.3) is 0 Å². The fourth-order valence-corrected chi connectivity index (χ4v) is 5.64. The lowest BCUT2D eigenvalue weighted by Crippen LogP contribution is -2.50. The highest BCUT2D eigenvalue weighted by Gasteiger charge is 2.37. The molecule has 29 heavy (non-hydrogen) atoms. The van der Waals surface area contributed by atoms with Crippen molar-refractivity contribution in [1.82, 2.24) is 9.80 Å². The topological polar surface area (TPSA) is 43.8 Å². The van der Waals surface area contributed by atoms with Gasteiger partial charge in [-0.25, -0.2) is 0 Å². The molecule has 2 saturated carbocycles. The third-order valence-electron chi connectivity index (χ3n) is 8.19. The zero-order valence-corrected chi connectivity index (χ0v) is 17.7.